The van der Waals surface area contributed by atoms with Crippen LogP contribution in [0.3, 0.4) is 0 Å². The molecule has 2 aromatic rings. The summed E-state index contributed by atoms with van der Waals surface area (Å²) in [6.45, 7) is 4.58. The molecule has 0 unspecified atom stereocenters. The zero-order valence-electron chi connectivity index (χ0n) is 14.5. The molecule has 2 amide bonds. The summed E-state index contributed by atoms with van der Waals surface area (Å²) in [5, 5.41) is 5.97. The predicted molar refractivity (Wildman–Crippen MR) is 98.6 cm³/mol. The smallest absolute Gasteiger partial charge is 0.255 e. The summed E-state index contributed by atoms with van der Waals surface area (Å²) in [7, 11) is 1.49. The summed E-state index contributed by atoms with van der Waals surface area (Å²) < 4.78 is 5.16. The minimum absolute atomic E-state index is 0.169. The number of aryl methyl sites for hydroxylation is 2. The first-order valence-corrected chi connectivity index (χ1v) is 8.27. The van der Waals surface area contributed by atoms with Crippen LogP contribution in [-0.4, -0.2) is 32.0 Å². The van der Waals surface area contributed by atoms with E-state index in [0.717, 1.165) is 11.1 Å². The number of carbonyl (C=O) groups is 2. The Kier molecular flexibility index (Phi) is 6.42. The zero-order chi connectivity index (χ0) is 18.4. The molecule has 25 heavy (non-hydrogen) atoms. The third-order valence-corrected chi connectivity index (χ3v) is 4.11. The van der Waals surface area contributed by atoms with Gasteiger partial charge in [-0.1, -0.05) is 17.7 Å². The molecule has 0 aliphatic rings. The van der Waals surface area contributed by atoms with Gasteiger partial charge in [-0.3, -0.25) is 9.59 Å². The van der Waals surface area contributed by atoms with E-state index in [-0.39, 0.29) is 11.8 Å². The lowest BCUT2D eigenvalue weighted by molar-refractivity contribution is 0.0926. The molecule has 0 atom stereocenters. The van der Waals surface area contributed by atoms with Crippen LogP contribution in [0.25, 0.3) is 0 Å². The maximum atomic E-state index is 12.2. The summed E-state index contributed by atoms with van der Waals surface area (Å²) in [6, 6.07) is 10.4. The second-order valence-corrected chi connectivity index (χ2v) is 6.09. The third-order valence-electron chi connectivity index (χ3n) is 3.87. The van der Waals surface area contributed by atoms with Gasteiger partial charge in [0.25, 0.3) is 11.8 Å². The van der Waals surface area contributed by atoms with E-state index in [4.69, 9.17) is 16.3 Å². The molecule has 5 nitrogen and oxygen atoms in total. The molecule has 0 aliphatic carbocycles. The molecule has 0 aliphatic heterocycles. The number of hydrogen-bond acceptors (Lipinski definition) is 3. The predicted octanol–water partition coefficient (Wildman–Crippen LogP) is 3.13. The first-order chi connectivity index (χ1) is 11.9. The van der Waals surface area contributed by atoms with E-state index in [2.05, 4.69) is 10.6 Å². The summed E-state index contributed by atoms with van der Waals surface area (Å²) >= 11 is 5.92. The summed E-state index contributed by atoms with van der Waals surface area (Å²) in [6.07, 6.45) is 0. The number of ether oxygens (including phenoxy) is 1. The van der Waals surface area contributed by atoms with E-state index < -0.39 is 0 Å². The van der Waals surface area contributed by atoms with Crippen LogP contribution in [0.15, 0.2) is 36.4 Å². The van der Waals surface area contributed by atoms with Crippen LogP contribution in [0.5, 0.6) is 5.75 Å². The van der Waals surface area contributed by atoms with Crippen LogP contribution >= 0.6 is 11.6 Å². The quantitative estimate of drug-likeness (QED) is 0.778. The van der Waals surface area contributed by atoms with Gasteiger partial charge in [-0.25, -0.2) is 0 Å². The van der Waals surface area contributed by atoms with E-state index in [9.17, 15) is 9.59 Å². The molecule has 0 fully saturated rings. The molecule has 0 bridgehead atoms. The Morgan fingerprint density at radius 1 is 0.960 bits per heavy atom. The van der Waals surface area contributed by atoms with Crippen molar-refractivity contribution in [1.82, 2.24) is 10.6 Å². The SMILES string of the molecule is COc1ccc(Cl)cc1C(=O)NCCNC(=O)c1ccc(C)c(C)c1. The van der Waals surface area contributed by atoms with Gasteiger partial charge in [0.15, 0.2) is 0 Å². The molecular formula is C19H21ClN2O3. The lowest BCUT2D eigenvalue weighted by Crippen LogP contribution is -2.34. The topological polar surface area (TPSA) is 67.4 Å². The van der Waals surface area contributed by atoms with E-state index in [0.29, 0.717) is 35.0 Å². The largest absolute Gasteiger partial charge is 0.496 e. The highest BCUT2D eigenvalue weighted by atomic mass is 35.5. The molecule has 0 heterocycles. The lowest BCUT2D eigenvalue weighted by atomic mass is 10.1. The number of rotatable bonds is 6. The van der Waals surface area contributed by atoms with Gasteiger partial charge in [-0.2, -0.15) is 0 Å². The molecule has 2 N–H and O–H groups in total. The van der Waals surface area contributed by atoms with Gasteiger partial charge in [0.05, 0.1) is 12.7 Å². The van der Waals surface area contributed by atoms with Gasteiger partial charge in [0, 0.05) is 23.7 Å². The van der Waals surface area contributed by atoms with Crippen LogP contribution in [0.4, 0.5) is 0 Å². The molecule has 6 heteroatoms. The fraction of sp³-hybridized carbons (Fsp3) is 0.263. The molecule has 2 aromatic carbocycles. The monoisotopic (exact) mass is 360 g/mol. The molecule has 0 aromatic heterocycles. The Bertz CT molecular complexity index is 790. The number of hydrogen-bond donors (Lipinski definition) is 2. The van der Waals surface area contributed by atoms with Gasteiger partial charge in [-0.05, 0) is 55.3 Å². The van der Waals surface area contributed by atoms with Crippen LogP contribution < -0.4 is 15.4 Å². The molecule has 132 valence electrons. The van der Waals surface area contributed by atoms with Crippen molar-refractivity contribution in [2.45, 2.75) is 13.8 Å². The molecular weight excluding hydrogens is 340 g/mol. The number of methoxy groups -OCH3 is 1. The lowest BCUT2D eigenvalue weighted by Gasteiger charge is -2.11. The average Bonchev–Trinajstić information content (AvgIpc) is 2.60. The molecule has 0 spiro atoms. The van der Waals surface area contributed by atoms with Crippen molar-refractivity contribution >= 4 is 23.4 Å². The highest BCUT2D eigenvalue weighted by Gasteiger charge is 2.12. The van der Waals surface area contributed by atoms with Crippen LogP contribution in [0.1, 0.15) is 31.8 Å². The van der Waals surface area contributed by atoms with E-state index in [1.54, 1.807) is 24.3 Å². The Morgan fingerprint density at radius 3 is 2.28 bits per heavy atom. The Morgan fingerprint density at radius 2 is 1.64 bits per heavy atom. The maximum absolute atomic E-state index is 12.2. The van der Waals surface area contributed by atoms with Crippen molar-refractivity contribution in [3.8, 4) is 5.75 Å². The zero-order valence-corrected chi connectivity index (χ0v) is 15.2. The van der Waals surface area contributed by atoms with Crippen LogP contribution in [-0.2, 0) is 0 Å². The van der Waals surface area contributed by atoms with Gasteiger partial charge < -0.3 is 15.4 Å². The number of amides is 2. The number of benzene rings is 2. The summed E-state index contributed by atoms with van der Waals surface area (Å²) in [4.78, 5) is 24.3. The van der Waals surface area contributed by atoms with Crippen molar-refractivity contribution in [3.63, 3.8) is 0 Å². The van der Waals surface area contributed by atoms with Gasteiger partial charge >= 0.3 is 0 Å². The van der Waals surface area contributed by atoms with Crippen molar-refractivity contribution < 1.29 is 14.3 Å². The first kappa shape index (κ1) is 18.8. The van der Waals surface area contributed by atoms with Gasteiger partial charge in [0.1, 0.15) is 5.75 Å². The second-order valence-electron chi connectivity index (χ2n) is 5.66. The standard InChI is InChI=1S/C19H21ClN2O3/c1-12-4-5-14(10-13(12)2)18(23)21-8-9-22-19(24)16-11-15(20)6-7-17(16)25-3/h4-7,10-11H,8-9H2,1-3H3,(H,21,23)(H,22,24). The minimum atomic E-state index is -0.306. The summed E-state index contributed by atoms with van der Waals surface area (Å²) in [5.74, 6) is -0.0291. The highest BCUT2D eigenvalue weighted by molar-refractivity contribution is 6.31. The molecule has 0 radical (unpaired) electrons. The Hall–Kier alpha value is -2.53. The number of carbonyl (C=O) groups excluding carboxylic acids is 2. The minimum Gasteiger partial charge on any atom is -0.496 e. The fourth-order valence-electron chi connectivity index (χ4n) is 2.29. The second kappa shape index (κ2) is 8.53. The molecule has 2 rings (SSSR count). The van der Waals surface area contributed by atoms with E-state index >= 15 is 0 Å². The third kappa shape index (κ3) is 4.97. The fourth-order valence-corrected chi connectivity index (χ4v) is 2.46. The number of halogens is 1. The Balaban J connectivity index is 1.86. The van der Waals surface area contributed by atoms with Crippen LogP contribution in [0, 0.1) is 13.8 Å². The van der Waals surface area contributed by atoms with Gasteiger partial charge in [-0.15, -0.1) is 0 Å². The molecule has 0 saturated heterocycles. The number of nitrogens with one attached hydrogen (secondary N) is 2. The molecule has 0 saturated carbocycles. The average molecular weight is 361 g/mol. The first-order valence-electron chi connectivity index (χ1n) is 7.89. The van der Waals surface area contributed by atoms with Crippen molar-refractivity contribution in [3.05, 3.63) is 63.7 Å². The Labute approximate surface area is 152 Å². The van der Waals surface area contributed by atoms with E-state index in [1.807, 2.05) is 26.0 Å². The maximum Gasteiger partial charge on any atom is 0.255 e. The van der Waals surface area contributed by atoms with Gasteiger partial charge in [0.2, 0.25) is 0 Å². The van der Waals surface area contributed by atoms with Crippen molar-refractivity contribution in [2.24, 2.45) is 0 Å². The van der Waals surface area contributed by atoms with E-state index in [1.165, 1.54) is 7.11 Å². The van der Waals surface area contributed by atoms with Crippen molar-refractivity contribution in [1.29, 1.82) is 0 Å². The normalized spacial score (nSPS) is 10.2. The summed E-state index contributed by atoms with van der Waals surface area (Å²) in [5.41, 5.74) is 3.16. The van der Waals surface area contributed by atoms with Crippen LogP contribution in [0.2, 0.25) is 5.02 Å². The van der Waals surface area contributed by atoms with Crippen molar-refractivity contribution in [2.75, 3.05) is 20.2 Å². The highest BCUT2D eigenvalue weighted by Crippen LogP contribution is 2.22.